The zero-order valence-corrected chi connectivity index (χ0v) is 15.0. The van der Waals surface area contributed by atoms with E-state index in [0.29, 0.717) is 22.8 Å². The van der Waals surface area contributed by atoms with Gasteiger partial charge in [-0.05, 0) is 53.5 Å². The number of thiol groups is 1. The Balaban J connectivity index is 2.31. The molecule has 126 valence electrons. The predicted molar refractivity (Wildman–Crippen MR) is 95.6 cm³/mol. The summed E-state index contributed by atoms with van der Waals surface area (Å²) in [5, 5.41) is 3.07. The number of hydrogen-bond donors (Lipinski definition) is 1. The molecule has 0 bridgehead atoms. The molecule has 0 radical (unpaired) electrons. The molecule has 1 heterocycles. The molecule has 2 atom stereocenters. The smallest absolute Gasteiger partial charge is 0.242 e. The van der Waals surface area contributed by atoms with Gasteiger partial charge in [0.2, 0.25) is 0 Å². The minimum Gasteiger partial charge on any atom is -0.242 e. The maximum absolute atomic E-state index is 12.6. The third-order valence-corrected chi connectivity index (χ3v) is 5.80. The number of halogens is 3. The van der Waals surface area contributed by atoms with Gasteiger partial charge in [0.1, 0.15) is 5.04 Å². The highest BCUT2D eigenvalue weighted by atomic mass is 32.2. The number of nitrogens with zero attached hydrogens (tertiary/aromatic N) is 1. The molecule has 0 spiro atoms. The van der Waals surface area contributed by atoms with Crippen LogP contribution in [0, 0.1) is 11.8 Å². The molecule has 0 amide bonds. The average molecular weight is 359 g/mol. The fourth-order valence-electron chi connectivity index (χ4n) is 2.47. The molecule has 23 heavy (non-hydrogen) atoms. The fourth-order valence-corrected chi connectivity index (χ4v) is 4.43. The van der Waals surface area contributed by atoms with Crippen molar-refractivity contribution in [3.63, 3.8) is 0 Å². The van der Waals surface area contributed by atoms with Crippen LogP contribution < -0.4 is 0 Å². The molecule has 0 aliphatic carbocycles. The summed E-state index contributed by atoms with van der Waals surface area (Å²) < 4.78 is 37.9. The molecule has 1 aliphatic rings. The van der Waals surface area contributed by atoms with Gasteiger partial charge in [-0.15, -0.1) is 11.8 Å². The number of hydrogen-bond acceptors (Lipinski definition) is 3. The molecule has 2 unspecified atom stereocenters. The van der Waals surface area contributed by atoms with Crippen LogP contribution in [0.4, 0.5) is 18.9 Å². The van der Waals surface area contributed by atoms with Crippen LogP contribution in [0.2, 0.25) is 0 Å². The predicted octanol–water partition coefficient (Wildman–Crippen LogP) is 6.35. The van der Waals surface area contributed by atoms with Crippen molar-refractivity contribution in [3.8, 4) is 0 Å². The van der Waals surface area contributed by atoms with Crippen molar-refractivity contribution in [1.82, 2.24) is 0 Å². The summed E-state index contributed by atoms with van der Waals surface area (Å²) >= 11 is 5.97. The minimum absolute atomic E-state index is 0.342. The minimum atomic E-state index is -4.32. The normalized spacial score (nSPS) is 26.3. The molecule has 1 fully saturated rings. The molecule has 1 aromatic carbocycles. The van der Waals surface area contributed by atoms with Crippen LogP contribution in [0.25, 0.3) is 0 Å². The van der Waals surface area contributed by atoms with E-state index in [0.717, 1.165) is 29.2 Å². The zero-order chi connectivity index (χ0) is 17.2. The van der Waals surface area contributed by atoms with E-state index in [2.05, 4.69) is 38.4 Å². The molecule has 6 heteroatoms. The van der Waals surface area contributed by atoms with E-state index in [4.69, 9.17) is 0 Å². The molecule has 2 rings (SSSR count). The highest BCUT2D eigenvalue weighted by Crippen LogP contribution is 2.40. The van der Waals surface area contributed by atoms with Gasteiger partial charge in [0.15, 0.2) is 0 Å². The van der Waals surface area contributed by atoms with Crippen molar-refractivity contribution in [2.45, 2.75) is 38.6 Å². The second kappa shape index (κ2) is 7.34. The molecular formula is C17H20F3NS2. The molecule has 0 N–H and O–H groups in total. The Labute approximate surface area is 144 Å². The first-order valence-corrected chi connectivity index (χ1v) is 8.89. The van der Waals surface area contributed by atoms with Crippen molar-refractivity contribution in [1.29, 1.82) is 0 Å². The number of rotatable bonds is 2. The summed E-state index contributed by atoms with van der Waals surface area (Å²) in [4.78, 5) is 4.57. The summed E-state index contributed by atoms with van der Waals surface area (Å²) in [6, 6.07) is 4.97. The average Bonchev–Trinajstić information content (AvgIpc) is 2.46. The van der Waals surface area contributed by atoms with Crippen LogP contribution in [0.1, 0.15) is 32.8 Å². The van der Waals surface area contributed by atoms with Crippen LogP contribution in [0.5, 0.6) is 0 Å². The summed E-state index contributed by atoms with van der Waals surface area (Å²) in [7, 11) is 0. The van der Waals surface area contributed by atoms with Crippen LogP contribution >= 0.6 is 24.4 Å². The van der Waals surface area contributed by atoms with Gasteiger partial charge >= 0.3 is 6.18 Å². The first-order chi connectivity index (χ1) is 10.7. The van der Waals surface area contributed by atoms with E-state index in [1.807, 2.05) is 0 Å². The standard InChI is InChI=1S/C17H20F3NS2/c1-10(2)15-8-11(3)14(9-22)16(23-15)21-13-6-4-12(5-7-13)17(18,19)20/h4-7,9-11,15,22H,8H2,1-3H3/b14-9+,21-16-. The molecule has 0 aromatic heterocycles. The Bertz CT molecular complexity index is 603. The van der Waals surface area contributed by atoms with Crippen LogP contribution in [0.15, 0.2) is 40.2 Å². The monoisotopic (exact) mass is 359 g/mol. The summed E-state index contributed by atoms with van der Waals surface area (Å²) in [6.07, 6.45) is -3.26. The van der Waals surface area contributed by atoms with Crippen molar-refractivity contribution in [2.24, 2.45) is 16.8 Å². The lowest BCUT2D eigenvalue weighted by atomic mass is 9.93. The van der Waals surface area contributed by atoms with Crippen LogP contribution in [-0.4, -0.2) is 10.3 Å². The third-order valence-electron chi connectivity index (χ3n) is 3.93. The molecule has 1 aromatic rings. The maximum atomic E-state index is 12.6. The van der Waals surface area contributed by atoms with Crippen LogP contribution in [-0.2, 0) is 6.18 Å². The Hall–Kier alpha value is -0.880. The maximum Gasteiger partial charge on any atom is 0.416 e. The van der Waals surface area contributed by atoms with Gasteiger partial charge in [-0.25, -0.2) is 4.99 Å². The Morgan fingerprint density at radius 2 is 1.87 bits per heavy atom. The number of thioether (sulfide) groups is 1. The van der Waals surface area contributed by atoms with Gasteiger partial charge in [-0.3, -0.25) is 0 Å². The lowest BCUT2D eigenvalue weighted by molar-refractivity contribution is -0.137. The molecular weight excluding hydrogens is 339 g/mol. The third kappa shape index (κ3) is 4.57. The van der Waals surface area contributed by atoms with E-state index in [-0.39, 0.29) is 0 Å². The highest BCUT2D eigenvalue weighted by molar-refractivity contribution is 8.15. The topological polar surface area (TPSA) is 12.4 Å². The SMILES string of the molecule is CC1CC(C(C)C)SC(=N\c2ccc(C(F)(F)F)cc2)/C1=C/S. The Kier molecular flexibility index (Phi) is 5.89. The summed E-state index contributed by atoms with van der Waals surface area (Å²) in [6.45, 7) is 6.49. The molecule has 1 nitrogen and oxygen atoms in total. The van der Waals surface area contributed by atoms with Gasteiger partial charge in [0.05, 0.1) is 11.3 Å². The fraction of sp³-hybridized carbons (Fsp3) is 0.471. The van der Waals surface area contributed by atoms with Crippen molar-refractivity contribution >= 4 is 35.1 Å². The number of aliphatic imine (C=N–C) groups is 1. The van der Waals surface area contributed by atoms with Gasteiger partial charge in [-0.1, -0.05) is 20.8 Å². The van der Waals surface area contributed by atoms with E-state index in [9.17, 15) is 13.2 Å². The van der Waals surface area contributed by atoms with E-state index in [1.165, 1.54) is 12.1 Å². The number of alkyl halides is 3. The van der Waals surface area contributed by atoms with Gasteiger partial charge in [-0.2, -0.15) is 25.8 Å². The molecule has 1 aliphatic heterocycles. The van der Waals surface area contributed by atoms with Gasteiger partial charge < -0.3 is 0 Å². The van der Waals surface area contributed by atoms with Gasteiger partial charge in [0, 0.05) is 5.25 Å². The summed E-state index contributed by atoms with van der Waals surface area (Å²) in [5.41, 5.74) is 0.927. The second-order valence-corrected chi connectivity index (χ2v) is 7.57. The molecule has 0 saturated carbocycles. The lowest BCUT2D eigenvalue weighted by Crippen LogP contribution is -2.26. The van der Waals surface area contributed by atoms with Crippen molar-refractivity contribution < 1.29 is 13.2 Å². The first kappa shape index (κ1) is 18.5. The Morgan fingerprint density at radius 1 is 1.26 bits per heavy atom. The second-order valence-electron chi connectivity index (χ2n) is 6.08. The van der Waals surface area contributed by atoms with Crippen molar-refractivity contribution in [2.75, 3.05) is 0 Å². The van der Waals surface area contributed by atoms with Gasteiger partial charge in [0.25, 0.3) is 0 Å². The zero-order valence-electron chi connectivity index (χ0n) is 13.3. The Morgan fingerprint density at radius 3 is 2.35 bits per heavy atom. The largest absolute Gasteiger partial charge is 0.416 e. The highest BCUT2D eigenvalue weighted by Gasteiger charge is 2.31. The van der Waals surface area contributed by atoms with Crippen molar-refractivity contribution in [3.05, 3.63) is 40.8 Å². The van der Waals surface area contributed by atoms with E-state index >= 15 is 0 Å². The van der Waals surface area contributed by atoms with E-state index < -0.39 is 11.7 Å². The summed E-state index contributed by atoms with van der Waals surface area (Å²) in [5.74, 6) is 0.857. The molecule has 1 saturated heterocycles. The van der Waals surface area contributed by atoms with E-state index in [1.54, 1.807) is 17.2 Å². The number of benzene rings is 1. The lowest BCUT2D eigenvalue weighted by Gasteiger charge is -2.32. The first-order valence-electron chi connectivity index (χ1n) is 7.49. The van der Waals surface area contributed by atoms with Crippen LogP contribution in [0.3, 0.4) is 0 Å². The quantitative estimate of drug-likeness (QED) is 0.607.